The minimum atomic E-state index is 0.205. The molecule has 1 aromatic carbocycles. The van der Waals surface area contributed by atoms with Crippen molar-refractivity contribution in [2.24, 2.45) is 11.3 Å². The van der Waals surface area contributed by atoms with Gasteiger partial charge >= 0.3 is 0 Å². The lowest BCUT2D eigenvalue weighted by Gasteiger charge is -2.23. The predicted molar refractivity (Wildman–Crippen MR) is 85.3 cm³/mol. The highest BCUT2D eigenvalue weighted by atomic mass is 79.9. The van der Waals surface area contributed by atoms with Gasteiger partial charge in [0, 0.05) is 10.4 Å². The number of carbonyl (C=O) groups is 1. The molecular formula is C16H21BrN2O2. The molecule has 0 bridgehead atoms. The molecule has 1 unspecified atom stereocenters. The minimum absolute atomic E-state index is 0.205. The molecular weight excluding hydrogens is 332 g/mol. The Kier molecular flexibility index (Phi) is 4.50. The molecule has 1 heterocycles. The first kappa shape index (κ1) is 14.9. The highest BCUT2D eigenvalue weighted by Gasteiger charge is 2.57. The highest BCUT2D eigenvalue weighted by Crippen LogP contribution is 2.58. The maximum atomic E-state index is 12.1. The van der Waals surface area contributed by atoms with Crippen molar-refractivity contribution in [3.63, 3.8) is 0 Å². The van der Waals surface area contributed by atoms with Crippen molar-refractivity contribution in [2.45, 2.75) is 19.3 Å². The van der Waals surface area contributed by atoms with Gasteiger partial charge in [0.05, 0.1) is 6.54 Å². The van der Waals surface area contributed by atoms with Gasteiger partial charge in [-0.05, 0) is 62.0 Å². The zero-order valence-corrected chi connectivity index (χ0v) is 13.6. The van der Waals surface area contributed by atoms with Gasteiger partial charge in [-0.25, -0.2) is 0 Å². The number of carbonyl (C=O) groups excluding carboxylic acids is 1. The summed E-state index contributed by atoms with van der Waals surface area (Å²) in [7, 11) is 0. The largest absolute Gasteiger partial charge is 0.492 e. The minimum Gasteiger partial charge on any atom is -0.492 e. The topological polar surface area (TPSA) is 50.4 Å². The van der Waals surface area contributed by atoms with Crippen molar-refractivity contribution in [1.82, 2.24) is 10.6 Å². The molecule has 1 aromatic rings. The summed E-state index contributed by atoms with van der Waals surface area (Å²) in [5, 5.41) is 6.36. The fourth-order valence-electron chi connectivity index (χ4n) is 3.19. The summed E-state index contributed by atoms with van der Waals surface area (Å²) < 4.78 is 6.63. The van der Waals surface area contributed by atoms with E-state index in [9.17, 15) is 4.79 Å². The summed E-state index contributed by atoms with van der Waals surface area (Å²) in [6.07, 6.45) is 3.34. The maximum Gasteiger partial charge on any atom is 0.223 e. The van der Waals surface area contributed by atoms with E-state index in [-0.39, 0.29) is 11.8 Å². The molecule has 2 aliphatic rings. The van der Waals surface area contributed by atoms with Gasteiger partial charge in [0.15, 0.2) is 0 Å². The van der Waals surface area contributed by atoms with Gasteiger partial charge in [0.25, 0.3) is 0 Å². The number of benzene rings is 1. The van der Waals surface area contributed by atoms with Gasteiger partial charge in [-0.15, -0.1) is 0 Å². The van der Waals surface area contributed by atoms with E-state index in [0.29, 0.717) is 18.6 Å². The maximum absolute atomic E-state index is 12.1. The number of nitrogens with one attached hydrogen (secondary N) is 2. The molecule has 1 saturated heterocycles. The second kappa shape index (κ2) is 6.36. The zero-order chi connectivity index (χ0) is 14.7. The molecule has 2 N–H and O–H groups in total. The van der Waals surface area contributed by atoms with Gasteiger partial charge in [-0.2, -0.15) is 0 Å². The number of halogens is 1. The van der Waals surface area contributed by atoms with Crippen molar-refractivity contribution in [3.8, 4) is 5.75 Å². The zero-order valence-electron chi connectivity index (χ0n) is 12.0. The first-order valence-corrected chi connectivity index (χ1v) is 8.36. The lowest BCUT2D eigenvalue weighted by Crippen LogP contribution is -2.35. The lowest BCUT2D eigenvalue weighted by molar-refractivity contribution is -0.123. The molecule has 4 nitrogen and oxygen atoms in total. The smallest absolute Gasteiger partial charge is 0.223 e. The molecule has 114 valence electrons. The van der Waals surface area contributed by atoms with Gasteiger partial charge in [0.2, 0.25) is 5.91 Å². The van der Waals surface area contributed by atoms with E-state index in [0.717, 1.165) is 42.6 Å². The van der Waals surface area contributed by atoms with Crippen LogP contribution in [0, 0.1) is 11.3 Å². The Bertz CT molecular complexity index is 498. The average molecular weight is 353 g/mol. The van der Waals surface area contributed by atoms with Crippen LogP contribution in [-0.4, -0.2) is 32.1 Å². The van der Waals surface area contributed by atoms with Crippen molar-refractivity contribution in [3.05, 3.63) is 28.7 Å². The van der Waals surface area contributed by atoms with Crippen LogP contribution in [0.3, 0.4) is 0 Å². The molecule has 2 fully saturated rings. The van der Waals surface area contributed by atoms with Crippen molar-refractivity contribution >= 4 is 21.8 Å². The van der Waals surface area contributed by atoms with E-state index in [1.54, 1.807) is 0 Å². The molecule has 1 amide bonds. The van der Waals surface area contributed by atoms with E-state index in [4.69, 9.17) is 4.74 Å². The summed E-state index contributed by atoms with van der Waals surface area (Å²) in [6.45, 7) is 3.18. The fraction of sp³-hybridized carbons (Fsp3) is 0.562. The lowest BCUT2D eigenvalue weighted by atomic mass is 9.92. The van der Waals surface area contributed by atoms with E-state index < -0.39 is 0 Å². The van der Waals surface area contributed by atoms with E-state index in [1.807, 2.05) is 24.3 Å². The molecule has 3 rings (SSSR count). The van der Waals surface area contributed by atoms with Crippen LogP contribution in [0.15, 0.2) is 28.7 Å². The van der Waals surface area contributed by atoms with Crippen LogP contribution in [0.5, 0.6) is 5.75 Å². The van der Waals surface area contributed by atoms with Crippen LogP contribution in [0.2, 0.25) is 0 Å². The van der Waals surface area contributed by atoms with Crippen LogP contribution < -0.4 is 15.4 Å². The predicted octanol–water partition coefficient (Wildman–Crippen LogP) is 2.33. The van der Waals surface area contributed by atoms with Crippen molar-refractivity contribution < 1.29 is 9.53 Å². The van der Waals surface area contributed by atoms with E-state index in [2.05, 4.69) is 26.6 Å². The molecule has 1 spiro atoms. The highest BCUT2D eigenvalue weighted by molar-refractivity contribution is 9.10. The Morgan fingerprint density at radius 2 is 2.05 bits per heavy atom. The van der Waals surface area contributed by atoms with Crippen molar-refractivity contribution in [2.75, 3.05) is 26.2 Å². The quantitative estimate of drug-likeness (QED) is 0.799. The fourth-order valence-corrected chi connectivity index (χ4v) is 3.46. The van der Waals surface area contributed by atoms with Crippen LogP contribution in [0.25, 0.3) is 0 Å². The monoisotopic (exact) mass is 352 g/mol. The average Bonchev–Trinajstić information content (AvgIpc) is 3.19. The third-order valence-electron chi connectivity index (χ3n) is 4.59. The molecule has 1 aliphatic carbocycles. The third-order valence-corrected chi connectivity index (χ3v) is 5.12. The van der Waals surface area contributed by atoms with Crippen molar-refractivity contribution in [1.29, 1.82) is 0 Å². The summed E-state index contributed by atoms with van der Waals surface area (Å²) in [5.74, 6) is 1.26. The second-order valence-electron chi connectivity index (χ2n) is 5.96. The van der Waals surface area contributed by atoms with Crippen LogP contribution in [0.1, 0.15) is 19.3 Å². The standard InChI is InChI=1S/C16H21BrN2O2/c17-12-1-3-13(4-2-12)21-10-9-19-15(20)14-11-16(14)5-7-18-8-6-16/h1-4,14,18H,5-11H2,(H,19,20). The second-order valence-corrected chi connectivity index (χ2v) is 6.88. The summed E-state index contributed by atoms with van der Waals surface area (Å²) >= 11 is 3.39. The number of amides is 1. The summed E-state index contributed by atoms with van der Waals surface area (Å²) in [6, 6.07) is 7.71. The Hall–Kier alpha value is -1.07. The number of rotatable bonds is 5. The first-order chi connectivity index (χ1) is 10.2. The normalized spacial score (nSPS) is 22.8. The van der Waals surface area contributed by atoms with E-state index in [1.165, 1.54) is 0 Å². The van der Waals surface area contributed by atoms with Gasteiger partial charge in [0.1, 0.15) is 12.4 Å². The molecule has 0 radical (unpaired) electrons. The number of hydrogen-bond acceptors (Lipinski definition) is 3. The SMILES string of the molecule is O=C(NCCOc1ccc(Br)cc1)C1CC12CCNCC2. The molecule has 5 heteroatoms. The summed E-state index contributed by atoms with van der Waals surface area (Å²) in [5.41, 5.74) is 0.307. The summed E-state index contributed by atoms with van der Waals surface area (Å²) in [4.78, 5) is 12.1. The number of piperidine rings is 1. The Balaban J connectivity index is 1.36. The van der Waals surface area contributed by atoms with Crippen LogP contribution in [-0.2, 0) is 4.79 Å². The molecule has 0 aromatic heterocycles. The number of ether oxygens (including phenoxy) is 1. The Morgan fingerprint density at radius 3 is 2.76 bits per heavy atom. The molecule has 1 aliphatic heterocycles. The number of hydrogen-bond donors (Lipinski definition) is 2. The van der Waals surface area contributed by atoms with Crippen LogP contribution >= 0.6 is 15.9 Å². The van der Waals surface area contributed by atoms with Gasteiger partial charge in [-0.1, -0.05) is 15.9 Å². The molecule has 1 saturated carbocycles. The molecule has 21 heavy (non-hydrogen) atoms. The molecule has 1 atom stereocenters. The Labute approximate surface area is 133 Å². The third kappa shape index (κ3) is 3.58. The van der Waals surface area contributed by atoms with Crippen LogP contribution in [0.4, 0.5) is 0 Å². The first-order valence-electron chi connectivity index (χ1n) is 7.56. The van der Waals surface area contributed by atoms with Gasteiger partial charge < -0.3 is 15.4 Å². The van der Waals surface area contributed by atoms with E-state index >= 15 is 0 Å². The Morgan fingerprint density at radius 1 is 1.33 bits per heavy atom. The van der Waals surface area contributed by atoms with Gasteiger partial charge in [-0.3, -0.25) is 4.79 Å².